The molecule has 18 aromatic carbocycles. The van der Waals surface area contributed by atoms with Gasteiger partial charge in [0.2, 0.25) is 0 Å². The third kappa shape index (κ3) is 11.7. The molecule has 0 N–H and O–H groups in total. The third-order valence-corrected chi connectivity index (χ3v) is 27.5. The van der Waals surface area contributed by atoms with Gasteiger partial charge in [-0.25, -0.2) is 29.9 Å². The molecule has 0 bridgehead atoms. The van der Waals surface area contributed by atoms with Crippen LogP contribution in [0.4, 0.5) is 0 Å². The van der Waals surface area contributed by atoms with Crippen molar-refractivity contribution in [3.05, 3.63) is 440 Å². The van der Waals surface area contributed by atoms with E-state index in [-0.39, 0.29) is 0 Å². The molecule has 2 aliphatic carbocycles. The Balaban J connectivity index is 0.562. The second-order valence-electron chi connectivity index (χ2n) is 35.4. The maximum Gasteiger partial charge on any atom is 0.164 e. The van der Waals surface area contributed by atoms with Crippen LogP contribution in [0.3, 0.4) is 0 Å². The van der Waals surface area contributed by atoms with Gasteiger partial charge >= 0.3 is 0 Å². The van der Waals surface area contributed by atoms with Crippen molar-refractivity contribution in [2.45, 2.75) is 38.0 Å². The van der Waals surface area contributed by atoms with Crippen molar-refractivity contribution in [3.8, 4) is 141 Å². The van der Waals surface area contributed by atoms with Gasteiger partial charge in [0.05, 0.1) is 33.1 Å². The zero-order valence-electron chi connectivity index (χ0n) is 71.4. The predicted octanol–water partition coefficient (Wildman–Crippen LogP) is 30.1. The van der Waals surface area contributed by atoms with E-state index in [1.54, 1.807) is 0 Å². The first-order valence-corrected chi connectivity index (χ1v) is 44.6. The quantitative estimate of drug-likeness (QED) is 0.107. The summed E-state index contributed by atoms with van der Waals surface area (Å²) in [5, 5.41) is 9.33. The molecule has 10 heteroatoms. The Morgan fingerprint density at radius 1 is 0.238 bits per heavy atom. The maximum absolute atomic E-state index is 7.05. The first-order chi connectivity index (χ1) is 64.0. The lowest BCUT2D eigenvalue weighted by Crippen LogP contribution is -2.24. The van der Waals surface area contributed by atoms with Gasteiger partial charge < -0.3 is 18.1 Å². The van der Waals surface area contributed by atoms with Crippen LogP contribution in [0, 0.1) is 0 Å². The molecule has 610 valence electrons. The van der Waals surface area contributed by atoms with Gasteiger partial charge in [0.15, 0.2) is 34.9 Å². The molecule has 0 spiro atoms. The van der Waals surface area contributed by atoms with Crippen molar-refractivity contribution in [2.75, 3.05) is 0 Å². The molecule has 6 heterocycles. The lowest BCUT2D eigenvalue weighted by molar-refractivity contribution is 0.583. The lowest BCUT2D eigenvalue weighted by Gasteiger charge is -2.28. The average Bonchev–Trinajstić information content (AvgIpc) is 1.52. The van der Waals surface area contributed by atoms with E-state index in [1.807, 2.05) is 78.9 Å². The summed E-state index contributed by atoms with van der Waals surface area (Å²) in [5.74, 6) is 3.67. The van der Waals surface area contributed by atoms with Gasteiger partial charge in [-0.3, -0.25) is 0 Å². The van der Waals surface area contributed by atoms with E-state index >= 15 is 0 Å². The zero-order valence-corrected chi connectivity index (χ0v) is 71.4. The van der Waals surface area contributed by atoms with Crippen molar-refractivity contribution in [1.29, 1.82) is 0 Å². The van der Waals surface area contributed by atoms with Gasteiger partial charge in [-0.1, -0.05) is 294 Å². The molecule has 6 aromatic heterocycles. The van der Waals surface area contributed by atoms with Gasteiger partial charge in [-0.15, -0.1) is 0 Å². The Morgan fingerprint density at radius 2 is 0.669 bits per heavy atom. The van der Waals surface area contributed by atoms with Crippen molar-refractivity contribution < 1.29 is 4.42 Å². The third-order valence-electron chi connectivity index (χ3n) is 27.5. The Hall–Kier alpha value is -16.8. The maximum atomic E-state index is 7.05. The van der Waals surface area contributed by atoms with Crippen LogP contribution in [0.1, 0.15) is 48.6 Å². The number of aromatic nitrogens is 9. The number of hydrogen-bond donors (Lipinski definition) is 0. The Labute approximate surface area is 749 Å². The molecule has 24 aromatic rings. The number of furan rings is 1. The monoisotopic (exact) mass is 1660 g/mol. The summed E-state index contributed by atoms with van der Waals surface area (Å²) in [5.41, 5.74) is 34.5. The molecule has 130 heavy (non-hydrogen) atoms. The molecule has 1 atom stereocenters. The molecule has 0 aliphatic heterocycles. The van der Waals surface area contributed by atoms with Crippen molar-refractivity contribution in [3.63, 3.8) is 0 Å². The van der Waals surface area contributed by atoms with Crippen molar-refractivity contribution >= 4 is 87.4 Å². The number of nitrogens with zero attached hydrogens (tertiary/aromatic N) is 9. The Bertz CT molecular complexity index is 8730. The number of fused-ring (bicyclic) bond motifs is 19. The highest BCUT2D eigenvalue weighted by molar-refractivity contribution is 6.19. The molecule has 0 radical (unpaired) electrons. The summed E-state index contributed by atoms with van der Waals surface area (Å²) in [6, 6.07) is 149. The molecule has 1 unspecified atom stereocenters. The van der Waals surface area contributed by atoms with Gasteiger partial charge in [0, 0.05) is 110 Å². The van der Waals surface area contributed by atoms with Crippen LogP contribution in [0.25, 0.3) is 228 Å². The topological polar surface area (TPSA) is 105 Å². The minimum atomic E-state index is -0.421. The fourth-order valence-electron chi connectivity index (χ4n) is 21.5. The summed E-state index contributed by atoms with van der Waals surface area (Å²) in [6.45, 7) is 7.26. The fourth-order valence-corrected chi connectivity index (χ4v) is 21.5. The van der Waals surface area contributed by atoms with Gasteiger partial charge in [0.1, 0.15) is 11.2 Å². The smallest absolute Gasteiger partial charge is 0.164 e. The highest BCUT2D eigenvalue weighted by atomic mass is 16.3. The molecule has 0 saturated heterocycles. The van der Waals surface area contributed by atoms with Crippen molar-refractivity contribution in [1.82, 2.24) is 43.6 Å². The first-order valence-electron chi connectivity index (χ1n) is 44.6. The number of hydrogen-bond acceptors (Lipinski definition) is 7. The van der Waals surface area contributed by atoms with Crippen LogP contribution < -0.4 is 0 Å². The number of para-hydroxylation sites is 5. The molecule has 10 nitrogen and oxygen atoms in total. The first kappa shape index (κ1) is 74.6. The molecule has 0 fully saturated rings. The van der Waals surface area contributed by atoms with Crippen LogP contribution in [0.5, 0.6) is 0 Å². The highest BCUT2D eigenvalue weighted by Gasteiger charge is 2.43. The van der Waals surface area contributed by atoms with Gasteiger partial charge in [0.25, 0.3) is 0 Å². The highest BCUT2D eigenvalue weighted by Crippen LogP contribution is 2.59. The largest absolute Gasteiger partial charge is 0.455 e. The second-order valence-corrected chi connectivity index (χ2v) is 35.4. The van der Waals surface area contributed by atoms with Crippen molar-refractivity contribution in [2.24, 2.45) is 0 Å². The molecule has 2 aliphatic rings. The molecular formula is C120H79N9O. The summed E-state index contributed by atoms with van der Waals surface area (Å²) in [4.78, 5) is 31.3. The van der Waals surface area contributed by atoms with Gasteiger partial charge in [-0.05, 0) is 224 Å². The number of rotatable bonds is 14. The lowest BCUT2D eigenvalue weighted by atomic mass is 9.75. The van der Waals surface area contributed by atoms with E-state index in [9.17, 15) is 0 Å². The van der Waals surface area contributed by atoms with E-state index in [4.69, 9.17) is 34.3 Å². The second kappa shape index (κ2) is 29.1. The van der Waals surface area contributed by atoms with Crippen LogP contribution in [0.2, 0.25) is 0 Å². The summed E-state index contributed by atoms with van der Waals surface area (Å²) < 4.78 is 14.4. The minimum absolute atomic E-state index is 0.415. The zero-order chi connectivity index (χ0) is 86.0. The fraction of sp³-hybridized carbons (Fsp3) is 0.0500. The van der Waals surface area contributed by atoms with E-state index in [2.05, 4.69) is 368 Å². The summed E-state index contributed by atoms with van der Waals surface area (Å²) in [6.07, 6.45) is 0.727. The summed E-state index contributed by atoms with van der Waals surface area (Å²) >= 11 is 0. The SMILES string of the molecule is CC1(C)c2ccccc2-c2c(-c3cc(-c4cccc(-c5ccc6c(c5)c5ccccc5n6-c5ccccc5)c4)c4oc5ccccc5c4c3)cc3c4ccccc4n(-c4ccc(-c5nc(-c6ccccc6)nc(-c6cccc(CC7(C)c8ccccc8-c8cc9c(cc87)c7ccccc7n9-c7ccc(-c8nc(-c9ccccc9)nc(-c9ccccc9)n8)cc7)c6)n5)cc4)c3c21. The predicted molar refractivity (Wildman–Crippen MR) is 532 cm³/mol. The number of benzene rings is 18. The van der Waals surface area contributed by atoms with Crippen LogP contribution in [0.15, 0.2) is 417 Å². The van der Waals surface area contributed by atoms with E-state index in [0.717, 1.165) is 123 Å². The average molecular weight is 1660 g/mol. The Morgan fingerprint density at radius 3 is 1.29 bits per heavy atom. The molecule has 0 amide bonds. The normalized spacial score (nSPS) is 13.8. The minimum Gasteiger partial charge on any atom is -0.455 e. The summed E-state index contributed by atoms with van der Waals surface area (Å²) in [7, 11) is 0. The van der Waals surface area contributed by atoms with Crippen LogP contribution in [-0.2, 0) is 17.3 Å². The van der Waals surface area contributed by atoms with Crippen LogP contribution in [-0.4, -0.2) is 43.6 Å². The standard InChI is InChI=1S/C120H79N9O/c1-119(2)100-48-22-17-47-92(100)109-93(83-67-94(112-99(68-83)91-46-21-27-53-108(91)130-112)81-38-29-37-79(65-81)80-58-63-106-96(66-80)88-43-18-24-50-103(88)127(106)84-40-14-7-15-41-84)69-98-90-45-20-26-52-105(90)129(111(98)110(109)119)86-61-56-78(57-62-86)117-124-115(76-35-12-6-13-36-76)125-118(126-117)82-39-28-30-73(64-82)72-120(3)101-49-23-16-42-87(101)95-71-107-97(70-102(95)120)89-44-19-25-51-104(89)128(107)85-59-54-77(55-60-85)116-122-113(74-31-8-4-9-32-74)121-114(123-116)75-33-10-5-11-34-75/h4-71H,72H2,1-3H3. The van der Waals surface area contributed by atoms with Gasteiger partial charge in [-0.2, -0.15) is 0 Å². The van der Waals surface area contributed by atoms with E-state index in [0.29, 0.717) is 34.9 Å². The van der Waals surface area contributed by atoms with E-state index < -0.39 is 10.8 Å². The molecule has 0 saturated carbocycles. The molecular weight excluding hydrogens is 1580 g/mol. The van der Waals surface area contributed by atoms with E-state index in [1.165, 1.54) is 105 Å². The van der Waals surface area contributed by atoms with Crippen LogP contribution >= 0.6 is 0 Å². The molecule has 26 rings (SSSR count). The Kier molecular flexibility index (Phi) is 16.7.